The Morgan fingerprint density at radius 1 is 1.32 bits per heavy atom. The van der Waals surface area contributed by atoms with Crippen LogP contribution in [-0.4, -0.2) is 17.6 Å². The van der Waals surface area contributed by atoms with Crippen LogP contribution < -0.4 is 5.32 Å². The molecule has 122 valence electrons. The monoisotopic (exact) mass is 305 g/mol. The zero-order valence-electron chi connectivity index (χ0n) is 13.4. The van der Waals surface area contributed by atoms with Crippen molar-refractivity contribution in [3.63, 3.8) is 0 Å². The van der Waals surface area contributed by atoms with Gasteiger partial charge in [-0.05, 0) is 50.2 Å². The fourth-order valence-electron chi connectivity index (χ4n) is 4.19. The average molecular weight is 305 g/mol. The van der Waals surface area contributed by atoms with Crippen LogP contribution in [0.2, 0.25) is 0 Å². The van der Waals surface area contributed by atoms with Gasteiger partial charge >= 0.3 is 0 Å². The fraction of sp³-hybridized carbons (Fsp3) is 0.722. The summed E-state index contributed by atoms with van der Waals surface area (Å²) in [5.74, 6) is 2.29. The van der Waals surface area contributed by atoms with E-state index in [1.54, 1.807) is 19.1 Å². The van der Waals surface area contributed by atoms with Gasteiger partial charge in [0.1, 0.15) is 11.4 Å². The van der Waals surface area contributed by atoms with Crippen molar-refractivity contribution < 1.29 is 14.3 Å². The molecule has 0 spiro atoms. The Labute approximate surface area is 132 Å². The lowest BCUT2D eigenvalue weighted by Gasteiger charge is -2.39. The van der Waals surface area contributed by atoms with E-state index >= 15 is 0 Å². The number of hydrogen-bond acceptors (Lipinski definition) is 3. The Kier molecular flexibility index (Phi) is 4.57. The number of furan rings is 1. The second-order valence-electron chi connectivity index (χ2n) is 7.28. The number of rotatable bonds is 4. The van der Waals surface area contributed by atoms with Gasteiger partial charge in [-0.3, -0.25) is 4.79 Å². The van der Waals surface area contributed by atoms with Gasteiger partial charge in [-0.15, -0.1) is 0 Å². The van der Waals surface area contributed by atoms with Gasteiger partial charge in [-0.1, -0.05) is 25.7 Å². The van der Waals surface area contributed by atoms with Crippen molar-refractivity contribution in [1.29, 1.82) is 0 Å². The lowest BCUT2D eigenvalue weighted by Crippen LogP contribution is -2.43. The van der Waals surface area contributed by atoms with Crippen molar-refractivity contribution >= 4 is 5.91 Å². The third-order valence-electron chi connectivity index (χ3n) is 5.57. The van der Waals surface area contributed by atoms with E-state index in [1.807, 2.05) is 0 Å². The molecule has 2 aliphatic carbocycles. The Bertz CT molecular complexity index is 494. The molecule has 4 heteroatoms. The van der Waals surface area contributed by atoms with Crippen molar-refractivity contribution in [1.82, 2.24) is 5.32 Å². The van der Waals surface area contributed by atoms with Crippen molar-refractivity contribution in [2.45, 2.75) is 57.5 Å². The predicted molar refractivity (Wildman–Crippen MR) is 84.1 cm³/mol. The van der Waals surface area contributed by atoms with E-state index in [2.05, 4.69) is 5.32 Å². The van der Waals surface area contributed by atoms with E-state index in [1.165, 1.54) is 38.4 Å². The number of amides is 1. The molecule has 4 nitrogen and oxygen atoms in total. The first-order chi connectivity index (χ1) is 10.6. The summed E-state index contributed by atoms with van der Waals surface area (Å²) in [6.07, 6.45) is 10.1. The number of carbonyl (C=O) groups is 1. The molecule has 2 saturated carbocycles. The van der Waals surface area contributed by atoms with Crippen LogP contribution in [0.5, 0.6) is 0 Å². The van der Waals surface area contributed by atoms with E-state index in [4.69, 9.17) is 4.42 Å². The molecule has 1 heterocycles. The van der Waals surface area contributed by atoms with Gasteiger partial charge in [0.05, 0.1) is 12.8 Å². The Morgan fingerprint density at radius 2 is 2.09 bits per heavy atom. The second kappa shape index (κ2) is 6.45. The maximum Gasteiger partial charge on any atom is 0.223 e. The molecule has 4 atom stereocenters. The predicted octanol–water partition coefficient (Wildman–Crippen LogP) is 3.21. The summed E-state index contributed by atoms with van der Waals surface area (Å²) >= 11 is 0. The first-order valence-corrected chi connectivity index (χ1v) is 8.60. The van der Waals surface area contributed by atoms with Gasteiger partial charge in [0.2, 0.25) is 5.91 Å². The molecule has 1 aromatic rings. The number of carbonyl (C=O) groups excluding carboxylic acids is 1. The van der Waals surface area contributed by atoms with Crippen LogP contribution in [0.1, 0.15) is 57.6 Å². The fourth-order valence-corrected chi connectivity index (χ4v) is 4.19. The minimum absolute atomic E-state index is 0.0934. The number of fused-ring (bicyclic) bond motifs is 1. The van der Waals surface area contributed by atoms with Crippen LogP contribution >= 0.6 is 0 Å². The molecule has 4 unspecified atom stereocenters. The maximum absolute atomic E-state index is 12.4. The summed E-state index contributed by atoms with van der Waals surface area (Å²) < 4.78 is 5.25. The first-order valence-electron chi connectivity index (χ1n) is 8.60. The smallest absolute Gasteiger partial charge is 0.223 e. The maximum atomic E-state index is 12.4. The van der Waals surface area contributed by atoms with Crippen molar-refractivity contribution in [3.8, 4) is 0 Å². The van der Waals surface area contributed by atoms with Gasteiger partial charge in [-0.2, -0.15) is 0 Å². The highest BCUT2D eigenvalue weighted by Crippen LogP contribution is 2.42. The molecule has 0 saturated heterocycles. The molecule has 3 rings (SSSR count). The second-order valence-corrected chi connectivity index (χ2v) is 7.28. The lowest BCUT2D eigenvalue weighted by atomic mass is 9.67. The molecule has 0 aliphatic heterocycles. The van der Waals surface area contributed by atoms with Crippen LogP contribution in [0, 0.1) is 17.8 Å². The zero-order chi connectivity index (χ0) is 15.6. The molecule has 1 amide bonds. The van der Waals surface area contributed by atoms with Crippen LogP contribution in [0.15, 0.2) is 22.8 Å². The van der Waals surface area contributed by atoms with Gasteiger partial charge < -0.3 is 14.8 Å². The molecule has 0 bridgehead atoms. The third kappa shape index (κ3) is 3.37. The highest BCUT2D eigenvalue weighted by molar-refractivity contribution is 5.78. The Morgan fingerprint density at radius 3 is 2.82 bits per heavy atom. The molecule has 2 fully saturated rings. The molecule has 2 N–H and O–H groups in total. The Hall–Kier alpha value is -1.29. The van der Waals surface area contributed by atoms with Crippen molar-refractivity contribution in [3.05, 3.63) is 24.2 Å². The molecule has 1 aromatic heterocycles. The van der Waals surface area contributed by atoms with E-state index in [9.17, 15) is 9.90 Å². The highest BCUT2D eigenvalue weighted by Gasteiger charge is 2.36. The van der Waals surface area contributed by atoms with Crippen LogP contribution in [0.4, 0.5) is 0 Å². The van der Waals surface area contributed by atoms with Crippen LogP contribution in [0.3, 0.4) is 0 Å². The molecule has 2 aliphatic rings. The minimum Gasteiger partial charge on any atom is -0.466 e. The summed E-state index contributed by atoms with van der Waals surface area (Å²) in [5.41, 5.74) is -1.15. The summed E-state index contributed by atoms with van der Waals surface area (Å²) in [5, 5.41) is 13.3. The van der Waals surface area contributed by atoms with Crippen molar-refractivity contribution in [2.24, 2.45) is 17.8 Å². The quantitative estimate of drug-likeness (QED) is 0.898. The Balaban J connectivity index is 1.52. The molecule has 0 radical (unpaired) electrons. The highest BCUT2D eigenvalue weighted by atomic mass is 16.4. The number of aliphatic hydroxyl groups is 1. The van der Waals surface area contributed by atoms with E-state index < -0.39 is 5.60 Å². The van der Waals surface area contributed by atoms with Gasteiger partial charge in [-0.25, -0.2) is 0 Å². The van der Waals surface area contributed by atoms with Gasteiger partial charge in [0, 0.05) is 5.92 Å². The standard InChI is InChI=1S/C18H27NO3/c1-18(21,16-7-4-10-22-16)12-19-17(20)15-9-8-13-5-2-3-6-14(13)11-15/h4,7,10,13-15,21H,2-3,5-6,8-9,11-12H2,1H3,(H,19,20). The molecule has 0 aromatic carbocycles. The summed E-state index contributed by atoms with van der Waals surface area (Å²) in [6, 6.07) is 3.48. The van der Waals surface area contributed by atoms with E-state index in [0.717, 1.165) is 24.7 Å². The van der Waals surface area contributed by atoms with Crippen LogP contribution in [0.25, 0.3) is 0 Å². The normalized spacial score (nSPS) is 31.1. The molecule has 22 heavy (non-hydrogen) atoms. The number of nitrogens with one attached hydrogen (secondary N) is 1. The summed E-state index contributed by atoms with van der Waals surface area (Å²) in [7, 11) is 0. The SMILES string of the molecule is CC(O)(CNC(=O)C1CCC2CCCCC2C1)c1ccco1. The first kappa shape index (κ1) is 15.6. The van der Waals surface area contributed by atoms with E-state index in [0.29, 0.717) is 5.76 Å². The lowest BCUT2D eigenvalue weighted by molar-refractivity contribution is -0.128. The number of hydrogen-bond donors (Lipinski definition) is 2. The minimum atomic E-state index is -1.15. The van der Waals surface area contributed by atoms with Crippen molar-refractivity contribution in [2.75, 3.05) is 6.54 Å². The topological polar surface area (TPSA) is 62.5 Å². The summed E-state index contributed by atoms with van der Waals surface area (Å²) in [6.45, 7) is 1.87. The molecular weight excluding hydrogens is 278 g/mol. The average Bonchev–Trinajstić information content (AvgIpc) is 3.07. The van der Waals surface area contributed by atoms with Gasteiger partial charge in [0.15, 0.2) is 0 Å². The third-order valence-corrected chi connectivity index (χ3v) is 5.57. The van der Waals surface area contributed by atoms with Gasteiger partial charge in [0.25, 0.3) is 0 Å². The zero-order valence-corrected chi connectivity index (χ0v) is 13.4. The van der Waals surface area contributed by atoms with Crippen LogP contribution in [-0.2, 0) is 10.4 Å². The summed E-state index contributed by atoms with van der Waals surface area (Å²) in [4.78, 5) is 12.4. The molecular formula is C18H27NO3. The van der Waals surface area contributed by atoms with E-state index in [-0.39, 0.29) is 18.4 Å². The largest absolute Gasteiger partial charge is 0.466 e.